The Balaban J connectivity index is 1.54. The zero-order valence-electron chi connectivity index (χ0n) is 16.9. The van der Waals surface area contributed by atoms with E-state index in [1.165, 1.54) is 5.69 Å². The number of carbonyl (C=O) groups excluding carboxylic acids is 1. The van der Waals surface area contributed by atoms with Crippen molar-refractivity contribution >= 4 is 23.2 Å². The molecule has 1 fully saturated rings. The minimum Gasteiger partial charge on any atom is -0.497 e. The van der Waals surface area contributed by atoms with E-state index in [0.29, 0.717) is 5.82 Å². The fourth-order valence-corrected chi connectivity index (χ4v) is 3.44. The number of piperazine rings is 1. The van der Waals surface area contributed by atoms with E-state index in [2.05, 4.69) is 37.4 Å². The molecule has 0 unspecified atom stereocenters. The predicted molar refractivity (Wildman–Crippen MR) is 112 cm³/mol. The average molecular weight is 383 g/mol. The fraction of sp³-hybridized carbons (Fsp3) is 0.476. The average Bonchev–Trinajstić information content (AvgIpc) is 2.75. The molecule has 0 aliphatic carbocycles. The Bertz CT molecular complexity index is 751. The third-order valence-corrected chi connectivity index (χ3v) is 5.30. The summed E-state index contributed by atoms with van der Waals surface area (Å²) in [6.45, 7) is 7.63. The lowest BCUT2D eigenvalue weighted by atomic mass is 10.0. The van der Waals surface area contributed by atoms with Gasteiger partial charge in [-0.3, -0.25) is 4.79 Å². The molecule has 2 heterocycles. The topological polar surface area (TPSA) is 70.6 Å². The van der Waals surface area contributed by atoms with E-state index in [1.54, 1.807) is 7.11 Å². The Morgan fingerprint density at radius 2 is 1.64 bits per heavy atom. The van der Waals surface area contributed by atoms with Gasteiger partial charge < -0.3 is 19.9 Å². The summed E-state index contributed by atoms with van der Waals surface area (Å²) in [5.41, 5.74) is 1.20. The molecule has 1 aromatic carbocycles. The lowest BCUT2D eigenvalue weighted by Gasteiger charge is -2.36. The number of methoxy groups -OCH3 is 1. The standard InChI is InChI=1S/C21H29N5O2/c1-4-16(5-2)21(27)22-19-10-11-20(24-23-19)26-14-12-25(13-15-26)17-6-8-18(28-3)9-7-17/h6-11,16H,4-5,12-15H2,1-3H3,(H,22,23,27). The van der Waals surface area contributed by atoms with Crippen molar-refractivity contribution in [1.29, 1.82) is 0 Å². The van der Waals surface area contributed by atoms with Crippen LogP contribution in [0.2, 0.25) is 0 Å². The summed E-state index contributed by atoms with van der Waals surface area (Å²) in [5.74, 6) is 2.26. The van der Waals surface area contributed by atoms with Gasteiger partial charge in [-0.15, -0.1) is 10.2 Å². The van der Waals surface area contributed by atoms with E-state index >= 15 is 0 Å². The molecule has 0 atom stereocenters. The zero-order chi connectivity index (χ0) is 19.9. The smallest absolute Gasteiger partial charge is 0.228 e. The molecular formula is C21H29N5O2. The number of hydrogen-bond donors (Lipinski definition) is 1. The maximum atomic E-state index is 12.2. The normalized spacial score (nSPS) is 14.3. The number of rotatable bonds is 7. The first-order valence-electron chi connectivity index (χ1n) is 9.93. The number of benzene rings is 1. The Hall–Kier alpha value is -2.83. The predicted octanol–water partition coefficient (Wildman–Crippen LogP) is 3.19. The van der Waals surface area contributed by atoms with Gasteiger partial charge >= 0.3 is 0 Å². The van der Waals surface area contributed by atoms with E-state index in [9.17, 15) is 4.79 Å². The molecule has 0 radical (unpaired) electrons. The Labute approximate surface area is 166 Å². The molecule has 1 saturated heterocycles. The van der Waals surface area contributed by atoms with Crippen LogP contribution < -0.4 is 19.9 Å². The van der Waals surface area contributed by atoms with Crippen LogP contribution in [0.4, 0.5) is 17.3 Å². The van der Waals surface area contributed by atoms with Crippen LogP contribution in [0.3, 0.4) is 0 Å². The number of aromatic nitrogens is 2. The molecule has 1 N–H and O–H groups in total. The van der Waals surface area contributed by atoms with Gasteiger partial charge in [-0.05, 0) is 49.2 Å². The first kappa shape index (κ1) is 19.9. The highest BCUT2D eigenvalue weighted by molar-refractivity contribution is 5.91. The lowest BCUT2D eigenvalue weighted by Crippen LogP contribution is -2.46. The molecule has 0 spiro atoms. The van der Waals surface area contributed by atoms with Gasteiger partial charge in [0.05, 0.1) is 7.11 Å². The highest BCUT2D eigenvalue weighted by Gasteiger charge is 2.19. The van der Waals surface area contributed by atoms with Crippen LogP contribution in [0, 0.1) is 5.92 Å². The van der Waals surface area contributed by atoms with Crippen molar-refractivity contribution in [3.8, 4) is 5.75 Å². The number of nitrogens with zero attached hydrogens (tertiary/aromatic N) is 4. The number of nitrogens with one attached hydrogen (secondary N) is 1. The van der Waals surface area contributed by atoms with E-state index in [4.69, 9.17) is 4.74 Å². The molecule has 1 amide bonds. The Morgan fingerprint density at radius 1 is 1.00 bits per heavy atom. The first-order valence-corrected chi connectivity index (χ1v) is 9.93. The molecule has 0 bridgehead atoms. The molecule has 3 rings (SSSR count). The summed E-state index contributed by atoms with van der Waals surface area (Å²) in [5, 5.41) is 11.4. The second kappa shape index (κ2) is 9.39. The van der Waals surface area contributed by atoms with Gasteiger partial charge in [0.1, 0.15) is 5.75 Å². The van der Waals surface area contributed by atoms with E-state index < -0.39 is 0 Å². The van der Waals surface area contributed by atoms with Gasteiger partial charge in [0, 0.05) is 37.8 Å². The van der Waals surface area contributed by atoms with Crippen LogP contribution >= 0.6 is 0 Å². The summed E-state index contributed by atoms with van der Waals surface area (Å²) >= 11 is 0. The largest absolute Gasteiger partial charge is 0.497 e. The van der Waals surface area contributed by atoms with Crippen molar-refractivity contribution in [2.45, 2.75) is 26.7 Å². The molecule has 2 aromatic rings. The quantitative estimate of drug-likeness (QED) is 0.792. The minimum atomic E-state index is 0.0140. The molecule has 7 nitrogen and oxygen atoms in total. The van der Waals surface area contributed by atoms with Crippen LogP contribution in [-0.2, 0) is 4.79 Å². The Morgan fingerprint density at radius 3 is 2.18 bits per heavy atom. The Kier molecular flexibility index (Phi) is 6.68. The molecule has 0 saturated carbocycles. The molecule has 1 aromatic heterocycles. The lowest BCUT2D eigenvalue weighted by molar-refractivity contribution is -0.120. The van der Waals surface area contributed by atoms with Crippen LogP contribution in [-0.4, -0.2) is 49.4 Å². The van der Waals surface area contributed by atoms with Gasteiger partial charge in [-0.2, -0.15) is 0 Å². The van der Waals surface area contributed by atoms with Crippen molar-refractivity contribution in [2.75, 3.05) is 48.4 Å². The fourth-order valence-electron chi connectivity index (χ4n) is 3.44. The maximum absolute atomic E-state index is 12.2. The number of hydrogen-bond acceptors (Lipinski definition) is 6. The van der Waals surface area contributed by atoms with Crippen LogP contribution in [0.5, 0.6) is 5.75 Å². The molecular weight excluding hydrogens is 354 g/mol. The summed E-state index contributed by atoms with van der Waals surface area (Å²) in [7, 11) is 1.68. The monoisotopic (exact) mass is 383 g/mol. The number of anilines is 3. The second-order valence-corrected chi connectivity index (χ2v) is 6.95. The summed E-state index contributed by atoms with van der Waals surface area (Å²) < 4.78 is 5.22. The van der Waals surface area contributed by atoms with Crippen LogP contribution in [0.25, 0.3) is 0 Å². The second-order valence-electron chi connectivity index (χ2n) is 6.95. The molecule has 150 valence electrons. The van der Waals surface area contributed by atoms with Gasteiger partial charge in [0.25, 0.3) is 0 Å². The number of carbonyl (C=O) groups is 1. The van der Waals surface area contributed by atoms with Gasteiger partial charge in [-0.25, -0.2) is 0 Å². The summed E-state index contributed by atoms with van der Waals surface area (Å²) in [6.07, 6.45) is 1.65. The van der Waals surface area contributed by atoms with Crippen molar-refractivity contribution < 1.29 is 9.53 Å². The highest BCUT2D eigenvalue weighted by atomic mass is 16.5. The highest BCUT2D eigenvalue weighted by Crippen LogP contribution is 2.22. The van der Waals surface area contributed by atoms with E-state index in [-0.39, 0.29) is 11.8 Å². The third kappa shape index (κ3) is 4.71. The molecule has 1 aliphatic heterocycles. The number of ether oxygens (including phenoxy) is 1. The minimum absolute atomic E-state index is 0.0140. The maximum Gasteiger partial charge on any atom is 0.228 e. The van der Waals surface area contributed by atoms with E-state index in [1.807, 2.05) is 38.1 Å². The summed E-state index contributed by atoms with van der Waals surface area (Å²) in [4.78, 5) is 16.7. The zero-order valence-corrected chi connectivity index (χ0v) is 16.9. The summed E-state index contributed by atoms with van der Waals surface area (Å²) in [6, 6.07) is 11.9. The van der Waals surface area contributed by atoms with Crippen LogP contribution in [0.1, 0.15) is 26.7 Å². The number of amides is 1. The molecule has 7 heteroatoms. The van der Waals surface area contributed by atoms with Crippen LogP contribution in [0.15, 0.2) is 36.4 Å². The first-order chi connectivity index (χ1) is 13.6. The van der Waals surface area contributed by atoms with E-state index in [0.717, 1.165) is 50.6 Å². The van der Waals surface area contributed by atoms with Gasteiger partial charge in [0.2, 0.25) is 5.91 Å². The van der Waals surface area contributed by atoms with Crippen molar-refractivity contribution in [1.82, 2.24) is 10.2 Å². The van der Waals surface area contributed by atoms with Crippen molar-refractivity contribution in [2.24, 2.45) is 5.92 Å². The van der Waals surface area contributed by atoms with Crippen molar-refractivity contribution in [3.05, 3.63) is 36.4 Å². The van der Waals surface area contributed by atoms with Gasteiger partial charge in [-0.1, -0.05) is 13.8 Å². The molecule has 28 heavy (non-hydrogen) atoms. The van der Waals surface area contributed by atoms with Gasteiger partial charge in [0.15, 0.2) is 11.6 Å². The SMILES string of the molecule is CCC(CC)C(=O)Nc1ccc(N2CCN(c3ccc(OC)cc3)CC2)nn1. The third-order valence-electron chi connectivity index (χ3n) is 5.30. The molecule has 1 aliphatic rings. The van der Waals surface area contributed by atoms with Crippen molar-refractivity contribution in [3.63, 3.8) is 0 Å².